The molecule has 0 heterocycles. The summed E-state index contributed by atoms with van der Waals surface area (Å²) in [6.45, 7) is 3.59. The molecular weight excluding hydrogens is 502 g/mol. The van der Waals surface area contributed by atoms with Crippen molar-refractivity contribution in [1.29, 1.82) is 0 Å². The lowest BCUT2D eigenvalue weighted by Crippen LogP contribution is -2.57. The van der Waals surface area contributed by atoms with Crippen LogP contribution in [-0.4, -0.2) is 75.1 Å². The maximum atomic E-state index is 13.1. The minimum absolute atomic E-state index is 0.0491. The Kier molecular flexibility index (Phi) is 12.7. The molecular formula is C24H35N5O9. The average Bonchev–Trinajstić information content (AvgIpc) is 2.81. The van der Waals surface area contributed by atoms with Gasteiger partial charge in [-0.2, -0.15) is 0 Å². The molecule has 38 heavy (non-hydrogen) atoms. The number of phenolic OH excluding ortho intramolecular Hbond substituents is 1. The van der Waals surface area contributed by atoms with Gasteiger partial charge < -0.3 is 42.7 Å². The van der Waals surface area contributed by atoms with Gasteiger partial charge in [-0.15, -0.1) is 0 Å². The van der Waals surface area contributed by atoms with Crippen molar-refractivity contribution in [2.24, 2.45) is 17.4 Å². The molecule has 1 aromatic rings. The molecule has 0 fully saturated rings. The fraction of sp³-hybridized carbons (Fsp3) is 0.500. The van der Waals surface area contributed by atoms with E-state index in [1.165, 1.54) is 12.1 Å². The van der Waals surface area contributed by atoms with E-state index >= 15 is 0 Å². The number of aromatic hydroxyl groups is 1. The smallest absolute Gasteiger partial charge is 0.326 e. The van der Waals surface area contributed by atoms with Crippen LogP contribution in [0, 0.1) is 5.92 Å². The van der Waals surface area contributed by atoms with Crippen LogP contribution in [-0.2, 0) is 35.2 Å². The summed E-state index contributed by atoms with van der Waals surface area (Å²) in [5, 5.41) is 34.5. The number of carboxylic acid groups (broad SMARTS) is 2. The lowest BCUT2D eigenvalue weighted by molar-refractivity contribution is -0.147. The summed E-state index contributed by atoms with van der Waals surface area (Å²) in [4.78, 5) is 72.1. The third-order valence-corrected chi connectivity index (χ3v) is 5.37. The van der Waals surface area contributed by atoms with Crippen molar-refractivity contribution < 1.29 is 44.1 Å². The second kappa shape index (κ2) is 15.1. The third kappa shape index (κ3) is 11.7. The number of nitrogens with two attached hydrogens (primary N) is 2. The number of hydrogen-bond acceptors (Lipinski definition) is 8. The molecule has 0 saturated carbocycles. The van der Waals surface area contributed by atoms with Crippen molar-refractivity contribution in [3.63, 3.8) is 0 Å². The Morgan fingerprint density at radius 1 is 0.842 bits per heavy atom. The number of hydrogen-bond donors (Lipinski definition) is 8. The van der Waals surface area contributed by atoms with Gasteiger partial charge in [0, 0.05) is 6.42 Å². The molecule has 0 aliphatic heterocycles. The largest absolute Gasteiger partial charge is 0.508 e. The molecule has 4 unspecified atom stereocenters. The van der Waals surface area contributed by atoms with Crippen molar-refractivity contribution in [1.82, 2.24) is 16.0 Å². The lowest BCUT2D eigenvalue weighted by atomic mass is 10.0. The molecule has 1 rings (SSSR count). The van der Waals surface area contributed by atoms with Gasteiger partial charge in [0.1, 0.15) is 23.9 Å². The molecule has 0 radical (unpaired) electrons. The first-order valence-corrected chi connectivity index (χ1v) is 11.9. The summed E-state index contributed by atoms with van der Waals surface area (Å²) in [5.74, 6) is -6.37. The van der Waals surface area contributed by atoms with Crippen LogP contribution < -0.4 is 27.4 Å². The average molecular weight is 538 g/mol. The van der Waals surface area contributed by atoms with Crippen molar-refractivity contribution in [3.8, 4) is 5.75 Å². The molecule has 10 N–H and O–H groups in total. The summed E-state index contributed by atoms with van der Waals surface area (Å²) in [6.07, 6.45) is -1.28. The minimum Gasteiger partial charge on any atom is -0.508 e. The normalized spacial score (nSPS) is 14.0. The molecule has 0 aliphatic carbocycles. The lowest BCUT2D eigenvalue weighted by Gasteiger charge is -2.26. The maximum absolute atomic E-state index is 13.1. The quantitative estimate of drug-likeness (QED) is 0.122. The van der Waals surface area contributed by atoms with Gasteiger partial charge in [-0.05, 0) is 42.9 Å². The van der Waals surface area contributed by atoms with E-state index in [-0.39, 0.29) is 37.4 Å². The van der Waals surface area contributed by atoms with Crippen LogP contribution in [0.1, 0.15) is 45.1 Å². The first kappa shape index (κ1) is 31.8. The SMILES string of the molecule is CC(C)CC(NC(=O)C(N)Cc1ccc(O)cc1)C(=O)NC(CCC(N)=O)C(=O)NC(CC(=O)O)C(=O)O. The highest BCUT2D eigenvalue weighted by molar-refractivity contribution is 5.95. The Morgan fingerprint density at radius 3 is 1.87 bits per heavy atom. The van der Waals surface area contributed by atoms with Gasteiger partial charge in [-0.25, -0.2) is 4.79 Å². The van der Waals surface area contributed by atoms with Crippen molar-refractivity contribution in [2.45, 2.75) is 70.1 Å². The molecule has 4 atom stereocenters. The first-order valence-electron chi connectivity index (χ1n) is 11.9. The topological polar surface area (TPSA) is 251 Å². The van der Waals surface area contributed by atoms with Crippen molar-refractivity contribution >= 4 is 35.6 Å². The number of benzene rings is 1. The van der Waals surface area contributed by atoms with Gasteiger partial charge in [0.15, 0.2) is 0 Å². The van der Waals surface area contributed by atoms with Gasteiger partial charge in [-0.1, -0.05) is 26.0 Å². The van der Waals surface area contributed by atoms with Crippen LogP contribution in [0.5, 0.6) is 5.75 Å². The number of carboxylic acids is 2. The molecule has 0 bridgehead atoms. The number of carbonyl (C=O) groups is 6. The van der Waals surface area contributed by atoms with Crippen LogP contribution in [0.15, 0.2) is 24.3 Å². The van der Waals surface area contributed by atoms with Gasteiger partial charge in [-0.3, -0.25) is 24.0 Å². The monoisotopic (exact) mass is 537 g/mol. The highest BCUT2D eigenvalue weighted by Gasteiger charge is 2.31. The zero-order chi connectivity index (χ0) is 29.0. The van der Waals surface area contributed by atoms with E-state index in [0.717, 1.165) is 0 Å². The fourth-order valence-electron chi connectivity index (χ4n) is 3.44. The Bertz CT molecular complexity index is 1010. The van der Waals surface area contributed by atoms with Gasteiger partial charge >= 0.3 is 11.9 Å². The Labute approximate surface area is 219 Å². The molecule has 14 nitrogen and oxygen atoms in total. The summed E-state index contributed by atoms with van der Waals surface area (Å²) < 4.78 is 0. The molecule has 0 saturated heterocycles. The number of phenols is 1. The Morgan fingerprint density at radius 2 is 1.37 bits per heavy atom. The summed E-state index contributed by atoms with van der Waals surface area (Å²) in [6, 6.07) is 0.680. The summed E-state index contributed by atoms with van der Waals surface area (Å²) >= 11 is 0. The highest BCUT2D eigenvalue weighted by Crippen LogP contribution is 2.12. The molecule has 0 aromatic heterocycles. The zero-order valence-electron chi connectivity index (χ0n) is 21.2. The van der Waals surface area contributed by atoms with Crippen molar-refractivity contribution in [3.05, 3.63) is 29.8 Å². The van der Waals surface area contributed by atoms with Gasteiger partial charge in [0.25, 0.3) is 0 Å². The van der Waals surface area contributed by atoms with Gasteiger partial charge in [0.05, 0.1) is 12.5 Å². The van der Waals surface area contributed by atoms with Crippen LogP contribution in [0.3, 0.4) is 0 Å². The molecule has 0 aliphatic rings. The minimum atomic E-state index is -1.78. The Balaban J connectivity index is 3.01. The van der Waals surface area contributed by atoms with Gasteiger partial charge in [0.2, 0.25) is 23.6 Å². The third-order valence-electron chi connectivity index (χ3n) is 5.37. The van der Waals surface area contributed by atoms with E-state index in [1.807, 2.05) is 5.32 Å². The van der Waals surface area contributed by atoms with Crippen LogP contribution >= 0.6 is 0 Å². The van der Waals surface area contributed by atoms with Crippen molar-refractivity contribution in [2.75, 3.05) is 0 Å². The molecule has 14 heteroatoms. The number of rotatable bonds is 16. The van der Waals surface area contributed by atoms with Crippen LogP contribution in [0.25, 0.3) is 0 Å². The second-order valence-electron chi connectivity index (χ2n) is 9.23. The summed E-state index contributed by atoms with van der Waals surface area (Å²) in [7, 11) is 0. The Hall–Kier alpha value is -4.20. The summed E-state index contributed by atoms with van der Waals surface area (Å²) in [5.41, 5.74) is 11.8. The van der Waals surface area contributed by atoms with E-state index in [4.69, 9.17) is 16.6 Å². The second-order valence-corrected chi connectivity index (χ2v) is 9.23. The van der Waals surface area contributed by atoms with E-state index in [9.17, 15) is 39.0 Å². The van der Waals surface area contributed by atoms with Crippen LogP contribution in [0.2, 0.25) is 0 Å². The van der Waals surface area contributed by atoms with E-state index < -0.39 is 66.2 Å². The van der Waals surface area contributed by atoms with E-state index in [0.29, 0.717) is 5.56 Å². The molecule has 210 valence electrons. The number of primary amides is 1. The number of aliphatic carboxylic acids is 2. The fourth-order valence-corrected chi connectivity index (χ4v) is 3.44. The predicted octanol–water partition coefficient (Wildman–Crippen LogP) is -1.41. The van der Waals surface area contributed by atoms with E-state index in [2.05, 4.69) is 10.6 Å². The maximum Gasteiger partial charge on any atom is 0.326 e. The number of carbonyl (C=O) groups excluding carboxylic acids is 4. The molecule has 1 aromatic carbocycles. The van der Waals surface area contributed by atoms with E-state index in [1.54, 1.807) is 26.0 Å². The number of amides is 4. The number of nitrogens with one attached hydrogen (secondary N) is 3. The molecule has 4 amide bonds. The first-order chi connectivity index (χ1) is 17.7. The standard InChI is InChI=1S/C24H35N5O9/c1-12(2)9-17(28-21(34)15(25)10-13-3-5-14(30)6-4-13)23(36)27-16(7-8-19(26)31)22(35)29-18(24(37)38)11-20(32)33/h3-6,12,15-18,30H,7-11,25H2,1-2H3,(H2,26,31)(H,27,36)(H,28,34)(H,29,35)(H,32,33)(H,37,38). The zero-order valence-corrected chi connectivity index (χ0v) is 21.2. The molecule has 0 spiro atoms. The predicted molar refractivity (Wildman–Crippen MR) is 133 cm³/mol. The highest BCUT2D eigenvalue weighted by atomic mass is 16.4. The van der Waals surface area contributed by atoms with Crippen LogP contribution in [0.4, 0.5) is 0 Å².